The highest BCUT2D eigenvalue weighted by Gasteiger charge is 2.63. The molecule has 15 heteroatoms. The average Bonchev–Trinajstić information content (AvgIpc) is 3.41. The molecule has 5 fully saturated rings. The van der Waals surface area contributed by atoms with Crippen molar-refractivity contribution in [3.63, 3.8) is 0 Å². The number of piperidine rings is 1. The number of thioether (sulfide) groups is 1. The third-order valence-corrected chi connectivity index (χ3v) is 10.2. The van der Waals surface area contributed by atoms with Crippen molar-refractivity contribution in [2.45, 2.75) is 36.9 Å². The predicted molar refractivity (Wildman–Crippen MR) is 120 cm³/mol. The Balaban J connectivity index is 1.21. The number of nitrogens with one attached hydrogen (secondary N) is 1. The van der Waals surface area contributed by atoms with Crippen molar-refractivity contribution in [1.82, 2.24) is 15.1 Å². The summed E-state index contributed by atoms with van der Waals surface area (Å²) in [5.41, 5.74) is 0. The molecule has 2 aliphatic carbocycles. The van der Waals surface area contributed by atoms with Gasteiger partial charge in [-0.1, -0.05) is 24.0 Å². The summed E-state index contributed by atoms with van der Waals surface area (Å²) in [5.74, 6) is -1.46. The van der Waals surface area contributed by atoms with E-state index in [-0.39, 0.29) is 31.6 Å². The van der Waals surface area contributed by atoms with E-state index in [2.05, 4.69) is 5.32 Å². The third kappa shape index (κ3) is 3.75. The molecule has 6 aliphatic rings. The lowest BCUT2D eigenvalue weighted by Crippen LogP contribution is -2.67. The number of phosphoric acid groups is 1. The summed E-state index contributed by atoms with van der Waals surface area (Å²) < 4.78 is 41.6. The SMILES string of the molecule is CN1CSC(=S)N(COP2(=O)OC3C(O)CC4C5C=C6OCOC6C(=O)C5C(=O)NC4C3O2)C1. The summed E-state index contributed by atoms with van der Waals surface area (Å²) in [6.07, 6.45) is -1.77. The number of allylic oxidation sites excluding steroid dienone is 1. The van der Waals surface area contributed by atoms with Crippen LogP contribution < -0.4 is 5.32 Å². The molecule has 0 aromatic heterocycles. The minimum absolute atomic E-state index is 0.0447. The number of hydrogen-bond acceptors (Lipinski definition) is 12. The van der Waals surface area contributed by atoms with Gasteiger partial charge in [0.05, 0.1) is 24.7 Å². The lowest BCUT2D eigenvalue weighted by atomic mass is 9.63. The van der Waals surface area contributed by atoms with Gasteiger partial charge in [0.1, 0.15) is 34.9 Å². The van der Waals surface area contributed by atoms with Crippen LogP contribution in [0.25, 0.3) is 0 Å². The topological polar surface area (TPSA) is 136 Å². The minimum atomic E-state index is -4.04. The highest BCUT2D eigenvalue weighted by molar-refractivity contribution is 8.22. The molecule has 12 nitrogen and oxygen atoms in total. The Kier molecular flexibility index (Phi) is 5.83. The van der Waals surface area contributed by atoms with E-state index < -0.39 is 56.0 Å². The smallest absolute Gasteiger partial charge is 0.469 e. The molecular formula is C19H24N3O9PS2. The largest absolute Gasteiger partial charge is 0.477 e. The maximum absolute atomic E-state index is 13.3. The Morgan fingerprint density at radius 2 is 2.15 bits per heavy atom. The molecule has 9 unspecified atom stereocenters. The third-order valence-electron chi connectivity index (χ3n) is 7.10. The number of phosphoric ester groups is 1. The standard InChI is InChI=1S/C19H24N3O9PS2/c1-21-4-22(19(33)34-6-21)5-29-32(26)30-15-10(23)2-9-8-3-11-16(28-7-27-11)14(24)12(8)18(25)20-13(9)17(15)31-32/h3,8-10,12-13,15-17,23H,2,4-7H2,1H3,(H,20,25). The van der Waals surface area contributed by atoms with Crippen LogP contribution in [0.5, 0.6) is 0 Å². The summed E-state index contributed by atoms with van der Waals surface area (Å²) in [6.45, 7) is 0.352. The van der Waals surface area contributed by atoms with E-state index in [4.69, 9.17) is 35.3 Å². The molecule has 4 saturated heterocycles. The van der Waals surface area contributed by atoms with E-state index in [1.54, 1.807) is 11.0 Å². The van der Waals surface area contributed by atoms with Gasteiger partial charge in [0.2, 0.25) is 5.91 Å². The number of thiocarbonyl (C=S) groups is 1. The van der Waals surface area contributed by atoms with Crippen molar-refractivity contribution >= 4 is 47.8 Å². The van der Waals surface area contributed by atoms with Crippen LogP contribution in [0, 0.1) is 17.8 Å². The minimum Gasteiger partial charge on any atom is -0.469 e. The molecular weight excluding hydrogens is 509 g/mol. The second kappa shape index (κ2) is 8.49. The lowest BCUT2D eigenvalue weighted by molar-refractivity contribution is -0.151. The predicted octanol–water partition coefficient (Wildman–Crippen LogP) is -0.0158. The maximum Gasteiger partial charge on any atom is 0.477 e. The van der Waals surface area contributed by atoms with Crippen LogP contribution in [0.1, 0.15) is 6.42 Å². The van der Waals surface area contributed by atoms with Crippen LogP contribution in [0.4, 0.5) is 0 Å². The van der Waals surface area contributed by atoms with Crippen molar-refractivity contribution in [3.8, 4) is 0 Å². The van der Waals surface area contributed by atoms with E-state index >= 15 is 0 Å². The Labute approximate surface area is 204 Å². The molecule has 1 saturated carbocycles. The molecule has 9 atom stereocenters. The van der Waals surface area contributed by atoms with E-state index in [1.807, 2.05) is 11.9 Å². The Morgan fingerprint density at radius 3 is 2.97 bits per heavy atom. The van der Waals surface area contributed by atoms with E-state index in [1.165, 1.54) is 11.8 Å². The van der Waals surface area contributed by atoms with Crippen LogP contribution in [0.15, 0.2) is 11.8 Å². The van der Waals surface area contributed by atoms with Gasteiger partial charge in [-0.3, -0.25) is 28.1 Å². The highest BCUT2D eigenvalue weighted by Crippen LogP contribution is 2.61. The van der Waals surface area contributed by atoms with Crippen molar-refractivity contribution in [2.24, 2.45) is 17.8 Å². The first-order valence-electron chi connectivity index (χ1n) is 10.9. The number of carbonyl (C=O) groups excluding carboxylic acids is 2. The zero-order valence-electron chi connectivity index (χ0n) is 18.1. The molecule has 4 aliphatic heterocycles. The van der Waals surface area contributed by atoms with E-state index in [9.17, 15) is 19.3 Å². The molecule has 4 heterocycles. The number of rotatable bonds is 3. The number of Topliss-reactive ketones (excluding diaryl/α,β-unsaturated/α-hetero) is 1. The zero-order chi connectivity index (χ0) is 23.8. The Bertz CT molecular complexity index is 1010. The fourth-order valence-electron chi connectivity index (χ4n) is 5.59. The second-order valence-corrected chi connectivity index (χ2v) is 12.4. The fourth-order valence-corrected chi connectivity index (χ4v) is 8.12. The van der Waals surface area contributed by atoms with Crippen LogP contribution in [0.3, 0.4) is 0 Å². The molecule has 34 heavy (non-hydrogen) atoms. The number of carbonyl (C=O) groups is 2. The number of aliphatic hydroxyl groups is 1. The molecule has 1 amide bonds. The van der Waals surface area contributed by atoms with Crippen LogP contribution >= 0.6 is 31.8 Å². The molecule has 0 spiro atoms. The Hall–Kier alpha value is -1.09. The van der Waals surface area contributed by atoms with Gasteiger partial charge in [0, 0.05) is 5.92 Å². The molecule has 6 rings (SSSR count). The zero-order valence-corrected chi connectivity index (χ0v) is 20.6. The first-order chi connectivity index (χ1) is 16.2. The second-order valence-electron chi connectivity index (χ2n) is 9.26. The summed E-state index contributed by atoms with van der Waals surface area (Å²) in [7, 11) is -2.12. The maximum atomic E-state index is 13.3. The molecule has 186 valence electrons. The number of ether oxygens (including phenoxy) is 2. The van der Waals surface area contributed by atoms with Gasteiger partial charge in [0.15, 0.2) is 18.7 Å². The molecule has 0 aromatic rings. The highest BCUT2D eigenvalue weighted by atomic mass is 32.2. The van der Waals surface area contributed by atoms with Crippen molar-refractivity contribution in [1.29, 1.82) is 0 Å². The van der Waals surface area contributed by atoms with Gasteiger partial charge in [0.25, 0.3) is 0 Å². The van der Waals surface area contributed by atoms with Crippen molar-refractivity contribution < 1.29 is 42.3 Å². The quantitative estimate of drug-likeness (QED) is 0.286. The number of aliphatic hydroxyl groups excluding tert-OH is 1. The molecule has 0 bridgehead atoms. The summed E-state index contributed by atoms with van der Waals surface area (Å²) in [6, 6.07) is -0.622. The number of fused-ring (bicyclic) bond motifs is 6. The van der Waals surface area contributed by atoms with Gasteiger partial charge < -0.3 is 24.8 Å². The number of hydrogen-bond donors (Lipinski definition) is 2. The molecule has 2 N–H and O–H groups in total. The van der Waals surface area contributed by atoms with Crippen molar-refractivity contribution in [2.75, 3.05) is 33.1 Å². The van der Waals surface area contributed by atoms with Gasteiger partial charge in [-0.2, -0.15) is 0 Å². The van der Waals surface area contributed by atoms with E-state index in [0.717, 1.165) is 5.88 Å². The monoisotopic (exact) mass is 533 g/mol. The Morgan fingerprint density at radius 1 is 1.35 bits per heavy atom. The van der Waals surface area contributed by atoms with Crippen LogP contribution in [0.2, 0.25) is 0 Å². The van der Waals surface area contributed by atoms with Crippen LogP contribution in [-0.4, -0.2) is 94.5 Å². The van der Waals surface area contributed by atoms with Gasteiger partial charge in [-0.15, -0.1) is 0 Å². The summed E-state index contributed by atoms with van der Waals surface area (Å²) in [5, 5.41) is 13.7. The van der Waals surface area contributed by atoms with Gasteiger partial charge in [-0.05, 0) is 25.5 Å². The first kappa shape index (κ1) is 23.3. The van der Waals surface area contributed by atoms with Crippen molar-refractivity contribution in [3.05, 3.63) is 11.8 Å². The normalized spacial score (nSPS) is 46.1. The number of nitrogens with zero attached hydrogens (tertiary/aromatic N) is 2. The van der Waals surface area contributed by atoms with Crippen LogP contribution in [-0.2, 0) is 37.2 Å². The average molecular weight is 534 g/mol. The molecule has 0 radical (unpaired) electrons. The molecule has 0 aromatic carbocycles. The van der Waals surface area contributed by atoms with Gasteiger partial charge >= 0.3 is 7.82 Å². The number of ketones is 1. The van der Waals surface area contributed by atoms with Gasteiger partial charge in [-0.25, -0.2) is 4.57 Å². The first-order valence-corrected chi connectivity index (χ1v) is 13.8. The lowest BCUT2D eigenvalue weighted by Gasteiger charge is -2.49. The summed E-state index contributed by atoms with van der Waals surface area (Å²) in [4.78, 5) is 29.6. The van der Waals surface area contributed by atoms with E-state index in [0.29, 0.717) is 16.7 Å². The number of amides is 1. The summed E-state index contributed by atoms with van der Waals surface area (Å²) >= 11 is 6.79. The fraction of sp³-hybridized carbons (Fsp3) is 0.737.